The van der Waals surface area contributed by atoms with E-state index in [0.717, 1.165) is 30.0 Å². The van der Waals surface area contributed by atoms with E-state index in [1.54, 1.807) is 0 Å². The zero-order chi connectivity index (χ0) is 15.2. The van der Waals surface area contributed by atoms with E-state index in [9.17, 15) is 0 Å². The second-order valence-electron chi connectivity index (χ2n) is 5.15. The third kappa shape index (κ3) is 6.40. The van der Waals surface area contributed by atoms with Crippen LogP contribution in [0.3, 0.4) is 0 Å². The van der Waals surface area contributed by atoms with E-state index in [1.165, 1.54) is 24.8 Å². The van der Waals surface area contributed by atoms with Gasteiger partial charge >= 0.3 is 0 Å². The Kier molecular flexibility index (Phi) is 8.67. The number of para-hydroxylation sites is 2. The molecule has 0 unspecified atom stereocenters. The molecule has 1 aromatic heterocycles. The van der Waals surface area contributed by atoms with Gasteiger partial charge in [-0.3, -0.25) is 0 Å². The Balaban J connectivity index is 0.000000211. The van der Waals surface area contributed by atoms with E-state index in [4.69, 9.17) is 30.2 Å². The van der Waals surface area contributed by atoms with E-state index in [1.807, 2.05) is 24.3 Å². The van der Waals surface area contributed by atoms with Gasteiger partial charge < -0.3 is 15.7 Å². The van der Waals surface area contributed by atoms with Gasteiger partial charge in [0.25, 0.3) is 0 Å². The molecule has 1 aliphatic rings. The minimum absolute atomic E-state index is 0. The third-order valence-corrected chi connectivity index (χ3v) is 4.62. The Morgan fingerprint density at radius 2 is 1.73 bits per heavy atom. The molecular weight excluding hydrogens is 399 g/mol. The van der Waals surface area contributed by atoms with Crippen molar-refractivity contribution >= 4 is 68.8 Å². The maximum atomic E-state index is 5.41. The Hall–Kier alpha value is -0.371. The first kappa shape index (κ1) is 19.7. The Labute approximate surface area is 156 Å². The number of H-pyrrole nitrogens is 2. The summed E-state index contributed by atoms with van der Waals surface area (Å²) in [6, 6.07) is 7.92. The summed E-state index contributed by atoms with van der Waals surface area (Å²) >= 11 is 11.2. The van der Waals surface area contributed by atoms with Gasteiger partial charge in [0.1, 0.15) is 4.32 Å². The van der Waals surface area contributed by atoms with Crippen molar-refractivity contribution in [2.45, 2.75) is 19.8 Å². The maximum Gasteiger partial charge on any atom is 0.175 e. The van der Waals surface area contributed by atoms with Gasteiger partial charge in [-0.05, 0) is 55.1 Å². The van der Waals surface area contributed by atoms with E-state index in [-0.39, 0.29) is 17.1 Å². The van der Waals surface area contributed by atoms with Crippen LogP contribution >= 0.6 is 36.4 Å². The van der Waals surface area contributed by atoms with E-state index < -0.39 is 0 Å². The molecule has 3 rings (SSSR count). The fourth-order valence-electron chi connectivity index (χ4n) is 2.18. The van der Waals surface area contributed by atoms with Crippen molar-refractivity contribution in [1.82, 2.24) is 14.3 Å². The van der Waals surface area contributed by atoms with Crippen molar-refractivity contribution in [1.29, 1.82) is 0 Å². The van der Waals surface area contributed by atoms with Crippen LogP contribution in [0.4, 0.5) is 0 Å². The number of rotatable bonds is 1. The monoisotopic (exact) mass is 420 g/mol. The number of thiocarbonyl (C=S) groups is 1. The average Bonchev–Trinajstić information content (AvgIpc) is 2.81. The van der Waals surface area contributed by atoms with Gasteiger partial charge in [-0.25, -0.2) is 4.31 Å². The van der Waals surface area contributed by atoms with Crippen LogP contribution in [0.1, 0.15) is 19.8 Å². The topological polar surface area (TPSA) is 60.8 Å². The first-order valence-corrected chi connectivity index (χ1v) is 8.53. The van der Waals surface area contributed by atoms with Crippen LogP contribution < -0.4 is 5.73 Å². The van der Waals surface area contributed by atoms with Gasteiger partial charge in [0.2, 0.25) is 0 Å². The molecule has 4 N–H and O–H groups in total. The van der Waals surface area contributed by atoms with Gasteiger partial charge in [-0.1, -0.05) is 31.3 Å². The molecule has 2 radical (unpaired) electrons. The van der Waals surface area contributed by atoms with Gasteiger partial charge in [0.05, 0.1) is 11.0 Å². The quantitative estimate of drug-likeness (QED) is 0.376. The largest absolute Gasteiger partial charge is 0.384 e. The fourth-order valence-corrected chi connectivity index (χ4v) is 3.36. The molecular formula is C14H20N4S3Se. The minimum atomic E-state index is 0. The maximum absolute atomic E-state index is 5.41. The number of hydrogen-bond donors (Lipinski definition) is 3. The van der Waals surface area contributed by atoms with Crippen molar-refractivity contribution in [2.24, 2.45) is 11.7 Å². The molecule has 2 heterocycles. The molecule has 0 spiro atoms. The molecule has 1 aromatic carbocycles. The summed E-state index contributed by atoms with van der Waals surface area (Å²) in [5.74, 6) is 0.873. The first-order valence-electron chi connectivity index (χ1n) is 6.94. The molecule has 22 heavy (non-hydrogen) atoms. The predicted molar refractivity (Wildman–Crippen MR) is 104 cm³/mol. The summed E-state index contributed by atoms with van der Waals surface area (Å²) in [6.07, 6.45) is 2.55. The van der Waals surface area contributed by atoms with Crippen molar-refractivity contribution in [3.8, 4) is 0 Å². The summed E-state index contributed by atoms with van der Waals surface area (Å²) in [5.41, 5.74) is 7.54. The Morgan fingerprint density at radius 1 is 1.23 bits per heavy atom. The standard InChI is InChI=1S/C7H14N2S2.C7H6N2S.Se/c1-6-2-4-9(5-3-6)11-7(8)10;10-7-8-5-3-1-2-4-6(5)9-7;/h6H,2-5H2,1H3,(H2,8,10);1-4H,(H2,8,9,10);. The summed E-state index contributed by atoms with van der Waals surface area (Å²) in [5, 5.41) is 0. The van der Waals surface area contributed by atoms with Crippen molar-refractivity contribution in [3.05, 3.63) is 29.0 Å². The van der Waals surface area contributed by atoms with Gasteiger partial charge in [0, 0.05) is 30.2 Å². The van der Waals surface area contributed by atoms with Crippen LogP contribution in [0.15, 0.2) is 24.3 Å². The number of nitrogens with one attached hydrogen (secondary N) is 2. The second-order valence-corrected chi connectivity index (χ2v) is 7.39. The third-order valence-electron chi connectivity index (χ3n) is 3.39. The molecule has 1 saturated heterocycles. The molecule has 120 valence electrons. The summed E-state index contributed by atoms with van der Waals surface area (Å²) in [7, 11) is 0. The van der Waals surface area contributed by atoms with Gasteiger partial charge in [0.15, 0.2) is 4.77 Å². The number of aromatic nitrogens is 2. The molecule has 1 fully saturated rings. The molecule has 2 aromatic rings. The Bertz CT molecular complexity index is 611. The van der Waals surface area contributed by atoms with E-state index in [2.05, 4.69) is 21.2 Å². The predicted octanol–water partition coefficient (Wildman–Crippen LogP) is 3.45. The fraction of sp³-hybridized carbons (Fsp3) is 0.429. The molecule has 0 atom stereocenters. The number of aromatic amines is 2. The van der Waals surface area contributed by atoms with Gasteiger partial charge in [-0.15, -0.1) is 0 Å². The Morgan fingerprint density at radius 3 is 2.18 bits per heavy atom. The van der Waals surface area contributed by atoms with Crippen LogP contribution in [0.2, 0.25) is 0 Å². The average molecular weight is 420 g/mol. The van der Waals surface area contributed by atoms with Crippen LogP contribution in [0.25, 0.3) is 11.0 Å². The summed E-state index contributed by atoms with van der Waals surface area (Å²) in [4.78, 5) is 6.04. The molecule has 0 amide bonds. The van der Waals surface area contributed by atoms with Crippen molar-refractivity contribution in [3.63, 3.8) is 0 Å². The van der Waals surface area contributed by atoms with Crippen molar-refractivity contribution in [2.75, 3.05) is 13.1 Å². The van der Waals surface area contributed by atoms with Crippen LogP contribution in [0, 0.1) is 10.7 Å². The smallest absolute Gasteiger partial charge is 0.175 e. The molecule has 4 nitrogen and oxygen atoms in total. The van der Waals surface area contributed by atoms with Crippen molar-refractivity contribution < 1.29 is 0 Å². The molecule has 0 aliphatic carbocycles. The number of fused-ring (bicyclic) bond motifs is 1. The summed E-state index contributed by atoms with van der Waals surface area (Å²) in [6.45, 7) is 4.55. The molecule has 0 saturated carbocycles. The molecule has 0 bridgehead atoms. The molecule has 1 aliphatic heterocycles. The number of piperidine rings is 1. The van der Waals surface area contributed by atoms with E-state index in [0.29, 0.717) is 9.09 Å². The van der Waals surface area contributed by atoms with E-state index >= 15 is 0 Å². The number of benzene rings is 1. The number of imidazole rings is 1. The van der Waals surface area contributed by atoms with Crippen LogP contribution in [-0.2, 0) is 0 Å². The zero-order valence-electron chi connectivity index (χ0n) is 12.4. The first-order chi connectivity index (χ1) is 10.0. The second kappa shape index (κ2) is 9.70. The van der Waals surface area contributed by atoms with Gasteiger partial charge in [-0.2, -0.15) is 0 Å². The summed E-state index contributed by atoms with van der Waals surface area (Å²) < 4.78 is 3.48. The number of hydrogen-bond acceptors (Lipinski definition) is 4. The normalized spacial score (nSPS) is 15.7. The number of nitrogens with zero attached hydrogens (tertiary/aromatic N) is 1. The SMILES string of the molecule is CC1CCN(SC(N)=S)CC1.S=c1[nH]c2ccccc2[nH]1.[Se]. The minimum Gasteiger partial charge on any atom is -0.384 e. The van der Waals surface area contributed by atoms with Crippen LogP contribution in [0.5, 0.6) is 0 Å². The molecule has 8 heteroatoms. The zero-order valence-corrected chi connectivity index (χ0v) is 16.5. The number of nitrogens with two attached hydrogens (primary N) is 1. The van der Waals surface area contributed by atoms with Crippen LogP contribution in [-0.4, -0.2) is 48.8 Å².